The zero-order valence-electron chi connectivity index (χ0n) is 14.2. The molecule has 1 atom stereocenters. The molecule has 0 radical (unpaired) electrons. The van der Waals surface area contributed by atoms with Crippen molar-refractivity contribution in [3.05, 3.63) is 59.7 Å². The molecular formula is C20H21N3OS. The number of nitrogens with zero attached hydrogens (tertiary/aromatic N) is 2. The first-order valence-corrected chi connectivity index (χ1v) is 9.76. The van der Waals surface area contributed by atoms with E-state index in [1.165, 1.54) is 5.56 Å². The Balaban J connectivity index is 1.62. The molecule has 5 heteroatoms. The van der Waals surface area contributed by atoms with Gasteiger partial charge in [0.25, 0.3) is 0 Å². The summed E-state index contributed by atoms with van der Waals surface area (Å²) in [5.74, 6) is 1.20. The molecule has 3 rings (SSSR count). The van der Waals surface area contributed by atoms with Crippen LogP contribution in [0, 0.1) is 11.3 Å². The van der Waals surface area contributed by atoms with Gasteiger partial charge in [0, 0.05) is 17.9 Å². The van der Waals surface area contributed by atoms with E-state index in [1.54, 1.807) is 17.0 Å². The highest BCUT2D eigenvalue weighted by Gasteiger charge is 2.32. The summed E-state index contributed by atoms with van der Waals surface area (Å²) in [6, 6.07) is 17.4. The Hall–Kier alpha value is -2.45. The molecule has 1 unspecified atom stereocenters. The Labute approximate surface area is 152 Å². The Morgan fingerprint density at radius 3 is 2.56 bits per heavy atom. The number of thioether (sulfide) groups is 1. The predicted molar refractivity (Wildman–Crippen MR) is 104 cm³/mol. The second-order valence-corrected chi connectivity index (χ2v) is 7.06. The molecule has 0 bridgehead atoms. The molecule has 1 amide bonds. The summed E-state index contributed by atoms with van der Waals surface area (Å²) in [5, 5.41) is 12.2. The van der Waals surface area contributed by atoms with Gasteiger partial charge >= 0.3 is 0 Å². The molecule has 4 nitrogen and oxygen atoms in total. The molecule has 1 aliphatic rings. The van der Waals surface area contributed by atoms with Gasteiger partial charge in [-0.1, -0.05) is 12.1 Å². The number of amides is 1. The molecule has 0 spiro atoms. The van der Waals surface area contributed by atoms with Crippen molar-refractivity contribution >= 4 is 29.0 Å². The lowest BCUT2D eigenvalue weighted by molar-refractivity contribution is -0.117. The number of anilines is 2. The lowest BCUT2D eigenvalue weighted by Crippen LogP contribution is -2.33. The SMILES string of the molecule is CSCCc1ccc(NC2CCN(c3ccc(C#N)cc3)C2=O)cc1. The van der Waals surface area contributed by atoms with E-state index >= 15 is 0 Å². The molecule has 128 valence electrons. The van der Waals surface area contributed by atoms with Crippen molar-refractivity contribution in [1.82, 2.24) is 0 Å². The Morgan fingerprint density at radius 2 is 1.92 bits per heavy atom. The summed E-state index contributed by atoms with van der Waals surface area (Å²) in [4.78, 5) is 14.5. The van der Waals surface area contributed by atoms with Gasteiger partial charge in [0.1, 0.15) is 6.04 Å². The zero-order chi connectivity index (χ0) is 17.6. The number of carbonyl (C=O) groups is 1. The molecule has 1 N–H and O–H groups in total. The van der Waals surface area contributed by atoms with Gasteiger partial charge in [-0.15, -0.1) is 0 Å². The lowest BCUT2D eigenvalue weighted by atomic mass is 10.1. The topological polar surface area (TPSA) is 56.1 Å². The quantitative estimate of drug-likeness (QED) is 0.862. The van der Waals surface area contributed by atoms with Crippen molar-refractivity contribution in [3.63, 3.8) is 0 Å². The van der Waals surface area contributed by atoms with Gasteiger partial charge in [-0.25, -0.2) is 0 Å². The van der Waals surface area contributed by atoms with E-state index in [2.05, 4.69) is 29.8 Å². The van der Waals surface area contributed by atoms with Crippen LogP contribution in [0.5, 0.6) is 0 Å². The maximum atomic E-state index is 12.7. The second kappa shape index (κ2) is 8.09. The highest BCUT2D eigenvalue weighted by atomic mass is 32.2. The summed E-state index contributed by atoms with van der Waals surface area (Å²) in [6.45, 7) is 0.689. The third-order valence-electron chi connectivity index (χ3n) is 4.40. The van der Waals surface area contributed by atoms with E-state index in [1.807, 2.05) is 36.0 Å². The third kappa shape index (κ3) is 4.15. The molecule has 1 heterocycles. The van der Waals surface area contributed by atoms with Crippen molar-refractivity contribution in [2.24, 2.45) is 0 Å². The van der Waals surface area contributed by atoms with Gasteiger partial charge < -0.3 is 10.2 Å². The zero-order valence-corrected chi connectivity index (χ0v) is 15.1. The first-order chi connectivity index (χ1) is 12.2. The van der Waals surface area contributed by atoms with Gasteiger partial charge in [-0.05, 0) is 66.8 Å². The van der Waals surface area contributed by atoms with Gasteiger partial charge in [0.2, 0.25) is 5.91 Å². The number of benzene rings is 2. The monoisotopic (exact) mass is 351 g/mol. The molecule has 1 aliphatic heterocycles. The predicted octanol–water partition coefficient (Wildman–Crippen LogP) is 3.68. The summed E-state index contributed by atoms with van der Waals surface area (Å²) in [5.41, 5.74) is 3.75. The van der Waals surface area contributed by atoms with Crippen molar-refractivity contribution in [3.8, 4) is 6.07 Å². The number of rotatable bonds is 6. The van der Waals surface area contributed by atoms with E-state index in [4.69, 9.17) is 5.26 Å². The van der Waals surface area contributed by atoms with E-state index in [0.717, 1.165) is 30.0 Å². The fourth-order valence-corrected chi connectivity index (χ4v) is 3.41. The summed E-state index contributed by atoms with van der Waals surface area (Å²) in [7, 11) is 0. The minimum Gasteiger partial charge on any atom is -0.374 e. The Kier molecular flexibility index (Phi) is 5.62. The van der Waals surface area contributed by atoms with Crippen LogP contribution in [0.25, 0.3) is 0 Å². The van der Waals surface area contributed by atoms with Gasteiger partial charge in [-0.2, -0.15) is 17.0 Å². The van der Waals surface area contributed by atoms with Crippen LogP contribution in [0.4, 0.5) is 11.4 Å². The molecule has 0 saturated carbocycles. The van der Waals surface area contributed by atoms with Crippen LogP contribution < -0.4 is 10.2 Å². The molecule has 0 aliphatic carbocycles. The Bertz CT molecular complexity index is 765. The van der Waals surface area contributed by atoms with Crippen molar-refractivity contribution in [2.75, 3.05) is 28.8 Å². The standard InChI is InChI=1S/C20H21N3OS/c1-25-13-11-15-2-6-17(7-3-15)22-19-10-12-23(20(19)24)18-8-4-16(14-21)5-9-18/h2-9,19,22H,10-13H2,1H3. The van der Waals surface area contributed by atoms with E-state index in [0.29, 0.717) is 12.1 Å². The van der Waals surface area contributed by atoms with Gasteiger partial charge in [-0.3, -0.25) is 4.79 Å². The van der Waals surface area contributed by atoms with Crippen LogP contribution in [0.1, 0.15) is 17.5 Å². The fraction of sp³-hybridized carbons (Fsp3) is 0.300. The van der Waals surface area contributed by atoms with Crippen LogP contribution in [0.15, 0.2) is 48.5 Å². The summed E-state index contributed by atoms with van der Waals surface area (Å²) >= 11 is 1.84. The van der Waals surface area contributed by atoms with E-state index in [-0.39, 0.29) is 11.9 Å². The Morgan fingerprint density at radius 1 is 1.20 bits per heavy atom. The largest absolute Gasteiger partial charge is 0.374 e. The van der Waals surface area contributed by atoms with Gasteiger partial charge in [0.05, 0.1) is 11.6 Å². The molecule has 25 heavy (non-hydrogen) atoms. The van der Waals surface area contributed by atoms with Crippen LogP contribution in [-0.2, 0) is 11.2 Å². The molecule has 1 fully saturated rings. The van der Waals surface area contributed by atoms with E-state index in [9.17, 15) is 4.79 Å². The van der Waals surface area contributed by atoms with Crippen LogP contribution in [0.2, 0.25) is 0 Å². The highest BCUT2D eigenvalue weighted by Crippen LogP contribution is 2.24. The molecule has 2 aromatic rings. The molecular weight excluding hydrogens is 330 g/mol. The number of aryl methyl sites for hydroxylation is 1. The van der Waals surface area contributed by atoms with Crippen molar-refractivity contribution in [1.29, 1.82) is 5.26 Å². The van der Waals surface area contributed by atoms with Crippen LogP contribution >= 0.6 is 11.8 Å². The minimum absolute atomic E-state index is 0.0798. The smallest absolute Gasteiger partial charge is 0.249 e. The number of hydrogen-bond acceptors (Lipinski definition) is 4. The number of nitrogens with one attached hydrogen (secondary N) is 1. The third-order valence-corrected chi connectivity index (χ3v) is 5.02. The van der Waals surface area contributed by atoms with Crippen LogP contribution in [-0.4, -0.2) is 30.5 Å². The minimum atomic E-state index is -0.201. The maximum absolute atomic E-state index is 12.7. The van der Waals surface area contributed by atoms with Crippen molar-refractivity contribution < 1.29 is 4.79 Å². The lowest BCUT2D eigenvalue weighted by Gasteiger charge is -2.18. The summed E-state index contributed by atoms with van der Waals surface area (Å²) < 4.78 is 0. The fourth-order valence-electron chi connectivity index (χ4n) is 2.97. The first kappa shape index (κ1) is 17.4. The van der Waals surface area contributed by atoms with Crippen molar-refractivity contribution in [2.45, 2.75) is 18.9 Å². The summed E-state index contributed by atoms with van der Waals surface area (Å²) in [6.07, 6.45) is 3.95. The second-order valence-electron chi connectivity index (χ2n) is 6.07. The maximum Gasteiger partial charge on any atom is 0.249 e. The average Bonchev–Trinajstić information content (AvgIpc) is 3.02. The highest BCUT2D eigenvalue weighted by molar-refractivity contribution is 7.98. The normalized spacial score (nSPS) is 16.7. The molecule has 1 saturated heterocycles. The number of hydrogen-bond donors (Lipinski definition) is 1. The number of nitriles is 1. The average molecular weight is 351 g/mol. The number of carbonyl (C=O) groups excluding carboxylic acids is 1. The molecule has 0 aromatic heterocycles. The first-order valence-electron chi connectivity index (χ1n) is 8.37. The molecule has 2 aromatic carbocycles. The van der Waals surface area contributed by atoms with E-state index < -0.39 is 0 Å². The van der Waals surface area contributed by atoms with Crippen LogP contribution in [0.3, 0.4) is 0 Å². The van der Waals surface area contributed by atoms with Gasteiger partial charge in [0.15, 0.2) is 0 Å².